The Hall–Kier alpha value is -2.81. The predicted molar refractivity (Wildman–Crippen MR) is 101 cm³/mol. The number of hydrogen-bond acceptors (Lipinski definition) is 2. The van der Waals surface area contributed by atoms with Crippen LogP contribution in [0.5, 0.6) is 5.75 Å². The fourth-order valence-electron chi connectivity index (χ4n) is 3.52. The Morgan fingerprint density at radius 1 is 1.04 bits per heavy atom. The van der Waals surface area contributed by atoms with Crippen molar-refractivity contribution in [3.63, 3.8) is 0 Å². The lowest BCUT2D eigenvalue weighted by Gasteiger charge is -2.30. The Morgan fingerprint density at radius 3 is 2.64 bits per heavy atom. The van der Waals surface area contributed by atoms with Crippen molar-refractivity contribution in [2.24, 2.45) is 5.92 Å². The number of amides is 1. The van der Waals surface area contributed by atoms with Crippen LogP contribution in [0.1, 0.15) is 12.5 Å². The van der Waals surface area contributed by atoms with Crippen LogP contribution >= 0.6 is 0 Å². The van der Waals surface area contributed by atoms with Crippen molar-refractivity contribution in [2.45, 2.75) is 13.3 Å². The van der Waals surface area contributed by atoms with E-state index in [2.05, 4.69) is 24.3 Å². The number of nitrogens with zero attached hydrogens (tertiary/aromatic N) is 1. The minimum Gasteiger partial charge on any atom is -0.492 e. The summed E-state index contributed by atoms with van der Waals surface area (Å²) in [5, 5.41) is 2.33. The summed E-state index contributed by atoms with van der Waals surface area (Å²) in [6.07, 6.45) is 0.735. The fourth-order valence-corrected chi connectivity index (χ4v) is 3.52. The van der Waals surface area contributed by atoms with Gasteiger partial charge in [0, 0.05) is 12.2 Å². The van der Waals surface area contributed by atoms with Gasteiger partial charge in [0.2, 0.25) is 5.91 Å². The van der Waals surface area contributed by atoms with Crippen LogP contribution in [0.4, 0.5) is 5.69 Å². The quantitative estimate of drug-likeness (QED) is 0.710. The van der Waals surface area contributed by atoms with Gasteiger partial charge in [0.05, 0.1) is 5.92 Å². The van der Waals surface area contributed by atoms with Gasteiger partial charge in [-0.1, -0.05) is 48.5 Å². The van der Waals surface area contributed by atoms with Gasteiger partial charge in [-0.15, -0.1) is 0 Å². The van der Waals surface area contributed by atoms with Gasteiger partial charge >= 0.3 is 0 Å². The third-order valence-electron chi connectivity index (χ3n) is 4.86. The minimum absolute atomic E-state index is 0.132. The molecule has 25 heavy (non-hydrogen) atoms. The van der Waals surface area contributed by atoms with Gasteiger partial charge in [0.15, 0.2) is 0 Å². The van der Waals surface area contributed by atoms with Crippen LogP contribution in [-0.2, 0) is 11.2 Å². The lowest BCUT2D eigenvalue weighted by molar-refractivity contribution is -0.123. The number of benzene rings is 3. The van der Waals surface area contributed by atoms with Crippen LogP contribution in [0.3, 0.4) is 0 Å². The number of rotatable bonds is 3. The molecule has 1 atom stereocenters. The summed E-state index contributed by atoms with van der Waals surface area (Å²) in [5.41, 5.74) is 2.06. The molecule has 1 heterocycles. The molecular weight excluding hydrogens is 310 g/mol. The highest BCUT2D eigenvalue weighted by Crippen LogP contribution is 2.29. The molecular formula is C22H21NO2. The molecule has 0 aliphatic carbocycles. The Kier molecular flexibility index (Phi) is 4.14. The molecule has 1 unspecified atom stereocenters. The second kappa shape index (κ2) is 6.60. The standard InChI is InChI=1S/C22H21NO2/c1-2-23(20-12-11-16-7-3-4-8-17(16)14-20)22(24)19-13-18-9-5-6-10-21(18)25-15-19/h3-12,14,19H,2,13,15H2,1H3. The van der Waals surface area contributed by atoms with Crippen molar-refractivity contribution in [3.05, 3.63) is 72.3 Å². The maximum atomic E-state index is 13.1. The van der Waals surface area contributed by atoms with Crippen molar-refractivity contribution < 1.29 is 9.53 Å². The smallest absolute Gasteiger partial charge is 0.233 e. The van der Waals surface area contributed by atoms with E-state index >= 15 is 0 Å². The maximum Gasteiger partial charge on any atom is 0.233 e. The normalized spacial score (nSPS) is 16.1. The molecule has 0 saturated carbocycles. The second-order valence-corrected chi connectivity index (χ2v) is 6.43. The Bertz CT molecular complexity index is 919. The number of hydrogen-bond donors (Lipinski definition) is 0. The number of para-hydroxylation sites is 1. The van der Waals surface area contributed by atoms with Crippen LogP contribution < -0.4 is 9.64 Å². The molecule has 0 bridgehead atoms. The Labute approximate surface area is 147 Å². The molecule has 4 rings (SSSR count). The molecule has 0 N–H and O–H groups in total. The van der Waals surface area contributed by atoms with E-state index in [0.717, 1.165) is 28.8 Å². The Balaban J connectivity index is 1.61. The average Bonchev–Trinajstić information content (AvgIpc) is 2.68. The largest absolute Gasteiger partial charge is 0.492 e. The zero-order valence-electron chi connectivity index (χ0n) is 14.3. The third kappa shape index (κ3) is 2.98. The summed E-state index contributed by atoms with van der Waals surface area (Å²) in [5.74, 6) is 0.897. The summed E-state index contributed by atoms with van der Waals surface area (Å²) >= 11 is 0. The van der Waals surface area contributed by atoms with E-state index in [1.54, 1.807) is 0 Å². The van der Waals surface area contributed by atoms with Crippen molar-refractivity contribution in [1.82, 2.24) is 0 Å². The van der Waals surface area contributed by atoms with Crippen LogP contribution in [0.15, 0.2) is 66.7 Å². The molecule has 1 aliphatic rings. The lowest BCUT2D eigenvalue weighted by Crippen LogP contribution is -2.40. The number of anilines is 1. The molecule has 0 fully saturated rings. The zero-order chi connectivity index (χ0) is 17.2. The maximum absolute atomic E-state index is 13.1. The van der Waals surface area contributed by atoms with Crippen molar-refractivity contribution >= 4 is 22.4 Å². The highest BCUT2D eigenvalue weighted by atomic mass is 16.5. The SMILES string of the molecule is CCN(C(=O)C1COc2ccccc2C1)c1ccc2ccccc2c1. The van der Waals surface area contributed by atoms with Gasteiger partial charge in [-0.3, -0.25) is 4.79 Å². The zero-order valence-corrected chi connectivity index (χ0v) is 14.3. The molecule has 0 saturated heterocycles. The van der Waals surface area contributed by atoms with Gasteiger partial charge in [-0.05, 0) is 47.9 Å². The first-order valence-corrected chi connectivity index (χ1v) is 8.77. The molecule has 0 aromatic heterocycles. The monoisotopic (exact) mass is 331 g/mol. The van der Waals surface area contributed by atoms with Crippen LogP contribution in [0.25, 0.3) is 10.8 Å². The van der Waals surface area contributed by atoms with E-state index in [4.69, 9.17) is 4.74 Å². The first-order chi connectivity index (χ1) is 12.3. The number of carbonyl (C=O) groups excluding carboxylic acids is 1. The van der Waals surface area contributed by atoms with E-state index in [1.165, 1.54) is 5.39 Å². The van der Waals surface area contributed by atoms with Crippen LogP contribution in [0.2, 0.25) is 0 Å². The Morgan fingerprint density at radius 2 is 1.80 bits per heavy atom. The minimum atomic E-state index is -0.138. The van der Waals surface area contributed by atoms with Gasteiger partial charge < -0.3 is 9.64 Å². The highest BCUT2D eigenvalue weighted by molar-refractivity contribution is 5.98. The van der Waals surface area contributed by atoms with Gasteiger partial charge in [0.1, 0.15) is 12.4 Å². The fraction of sp³-hybridized carbons (Fsp3) is 0.227. The van der Waals surface area contributed by atoms with E-state index in [-0.39, 0.29) is 11.8 Å². The number of fused-ring (bicyclic) bond motifs is 2. The number of carbonyl (C=O) groups is 1. The molecule has 1 amide bonds. The van der Waals surface area contributed by atoms with E-state index in [1.807, 2.05) is 54.3 Å². The van der Waals surface area contributed by atoms with E-state index in [9.17, 15) is 4.79 Å². The summed E-state index contributed by atoms with van der Waals surface area (Å²) in [6.45, 7) is 3.11. The van der Waals surface area contributed by atoms with Crippen LogP contribution in [-0.4, -0.2) is 19.1 Å². The lowest BCUT2D eigenvalue weighted by atomic mass is 9.95. The van der Waals surface area contributed by atoms with Crippen molar-refractivity contribution in [2.75, 3.05) is 18.1 Å². The topological polar surface area (TPSA) is 29.5 Å². The molecule has 1 aliphatic heterocycles. The first-order valence-electron chi connectivity index (χ1n) is 8.77. The van der Waals surface area contributed by atoms with Crippen molar-refractivity contribution in [1.29, 1.82) is 0 Å². The summed E-state index contributed by atoms with van der Waals surface area (Å²) in [7, 11) is 0. The van der Waals surface area contributed by atoms with Gasteiger partial charge in [-0.2, -0.15) is 0 Å². The van der Waals surface area contributed by atoms with Crippen molar-refractivity contribution in [3.8, 4) is 5.75 Å². The summed E-state index contributed by atoms with van der Waals surface area (Å²) in [4.78, 5) is 15.0. The molecule has 3 aromatic rings. The first kappa shape index (κ1) is 15.7. The van der Waals surface area contributed by atoms with Gasteiger partial charge in [0.25, 0.3) is 0 Å². The molecule has 0 spiro atoms. The molecule has 3 heteroatoms. The average molecular weight is 331 g/mol. The molecule has 3 nitrogen and oxygen atoms in total. The summed E-state index contributed by atoms with van der Waals surface area (Å²) < 4.78 is 5.81. The third-order valence-corrected chi connectivity index (χ3v) is 4.86. The molecule has 0 radical (unpaired) electrons. The second-order valence-electron chi connectivity index (χ2n) is 6.43. The highest BCUT2D eigenvalue weighted by Gasteiger charge is 2.29. The van der Waals surface area contributed by atoms with Crippen LogP contribution in [0, 0.1) is 5.92 Å². The molecule has 3 aromatic carbocycles. The summed E-state index contributed by atoms with van der Waals surface area (Å²) in [6, 6.07) is 22.4. The number of ether oxygens (including phenoxy) is 1. The predicted octanol–water partition coefficient (Wildman–Crippen LogP) is 4.44. The van der Waals surface area contributed by atoms with E-state index in [0.29, 0.717) is 13.2 Å². The van der Waals surface area contributed by atoms with E-state index < -0.39 is 0 Å². The van der Waals surface area contributed by atoms with Gasteiger partial charge in [-0.25, -0.2) is 0 Å². The molecule has 126 valence electrons.